The number of fused-ring (bicyclic) bond motifs is 4. The van der Waals surface area contributed by atoms with E-state index in [9.17, 15) is 4.39 Å². The average Bonchev–Trinajstić information content (AvgIpc) is 2.75. The van der Waals surface area contributed by atoms with E-state index < -0.39 is 0 Å². The number of halogens is 1. The Morgan fingerprint density at radius 1 is 1.23 bits per heavy atom. The monoisotopic (exact) mass is 300 g/mol. The normalized spacial score (nSPS) is 25.3. The zero-order chi connectivity index (χ0) is 14.9. The van der Waals surface area contributed by atoms with Crippen LogP contribution in [0.3, 0.4) is 0 Å². The lowest BCUT2D eigenvalue weighted by atomic mass is 9.95. The highest BCUT2D eigenvalue weighted by Crippen LogP contribution is 2.26. The number of hydrogen-bond donors (Lipinski definition) is 1. The van der Waals surface area contributed by atoms with Crippen molar-refractivity contribution in [2.75, 3.05) is 19.6 Å². The van der Waals surface area contributed by atoms with Crippen molar-refractivity contribution < 1.29 is 4.39 Å². The van der Waals surface area contributed by atoms with Gasteiger partial charge in [-0.3, -0.25) is 4.90 Å². The second kappa shape index (κ2) is 5.82. The van der Waals surface area contributed by atoms with Crippen LogP contribution in [-0.4, -0.2) is 40.4 Å². The first kappa shape index (κ1) is 13.9. The third kappa shape index (κ3) is 2.66. The first-order valence-electron chi connectivity index (χ1n) is 8.03. The summed E-state index contributed by atoms with van der Waals surface area (Å²) in [5.41, 5.74) is 1.66. The van der Waals surface area contributed by atoms with E-state index in [4.69, 9.17) is 0 Å². The number of nitrogens with zero attached hydrogens (tertiary/aromatic N) is 3. The van der Waals surface area contributed by atoms with E-state index in [2.05, 4.69) is 15.3 Å². The number of rotatable bonds is 3. The zero-order valence-corrected chi connectivity index (χ0v) is 12.6. The van der Waals surface area contributed by atoms with Crippen LogP contribution in [0.15, 0.2) is 36.7 Å². The third-order valence-corrected chi connectivity index (χ3v) is 4.85. The molecule has 0 spiro atoms. The fourth-order valence-corrected chi connectivity index (χ4v) is 3.67. The molecule has 1 N–H and O–H groups in total. The Morgan fingerprint density at radius 2 is 2.14 bits per heavy atom. The van der Waals surface area contributed by atoms with Crippen molar-refractivity contribution >= 4 is 0 Å². The van der Waals surface area contributed by atoms with Crippen molar-refractivity contribution in [3.05, 3.63) is 48.0 Å². The van der Waals surface area contributed by atoms with E-state index in [0.29, 0.717) is 11.7 Å². The topological polar surface area (TPSA) is 33.1 Å². The summed E-state index contributed by atoms with van der Waals surface area (Å²) in [4.78, 5) is 2.55. The standard InChI is InChI=1S/C17H21FN4/c18-16-3-1-2-4-17(16)22-12-14(8-20-22)11-21-10-13-5-6-15(21)9-19-7-13/h1-4,8,12-13,15,19H,5-7,9-11H2/t13-,15+/m1/s1. The van der Waals surface area contributed by atoms with Crippen LogP contribution in [0, 0.1) is 11.7 Å². The molecule has 22 heavy (non-hydrogen) atoms. The van der Waals surface area contributed by atoms with Gasteiger partial charge in [0, 0.05) is 37.4 Å². The van der Waals surface area contributed by atoms with Gasteiger partial charge in [0.25, 0.3) is 0 Å². The van der Waals surface area contributed by atoms with Gasteiger partial charge in [0.05, 0.1) is 6.20 Å². The molecule has 0 unspecified atom stereocenters. The summed E-state index contributed by atoms with van der Waals surface area (Å²) in [6, 6.07) is 7.37. The van der Waals surface area contributed by atoms with Crippen LogP contribution >= 0.6 is 0 Å². The van der Waals surface area contributed by atoms with Gasteiger partial charge < -0.3 is 5.32 Å². The first-order valence-corrected chi connectivity index (χ1v) is 8.03. The Morgan fingerprint density at radius 3 is 3.05 bits per heavy atom. The molecule has 5 rings (SSSR count). The van der Waals surface area contributed by atoms with Gasteiger partial charge in [0.15, 0.2) is 0 Å². The fourth-order valence-electron chi connectivity index (χ4n) is 3.67. The minimum Gasteiger partial charge on any atom is -0.315 e. The van der Waals surface area contributed by atoms with E-state index in [-0.39, 0.29) is 5.82 Å². The molecule has 4 nitrogen and oxygen atoms in total. The van der Waals surface area contributed by atoms with Crippen molar-refractivity contribution in [2.45, 2.75) is 25.4 Å². The zero-order valence-electron chi connectivity index (χ0n) is 12.6. The largest absolute Gasteiger partial charge is 0.315 e. The van der Waals surface area contributed by atoms with Gasteiger partial charge in [0.2, 0.25) is 0 Å². The van der Waals surface area contributed by atoms with Crippen molar-refractivity contribution in [1.29, 1.82) is 0 Å². The molecule has 1 aromatic heterocycles. The molecule has 116 valence electrons. The maximum Gasteiger partial charge on any atom is 0.148 e. The number of para-hydroxylation sites is 1. The van der Waals surface area contributed by atoms with Crippen LogP contribution in [0.2, 0.25) is 0 Å². The van der Waals surface area contributed by atoms with Crippen LogP contribution in [0.25, 0.3) is 5.69 Å². The Bertz CT molecular complexity index is 650. The molecule has 5 heteroatoms. The highest BCUT2D eigenvalue weighted by atomic mass is 19.1. The molecule has 4 heterocycles. The van der Waals surface area contributed by atoms with Gasteiger partial charge in [-0.15, -0.1) is 0 Å². The molecule has 0 amide bonds. The van der Waals surface area contributed by atoms with Gasteiger partial charge in [-0.2, -0.15) is 5.10 Å². The molecule has 2 bridgehead atoms. The molecule has 3 aliphatic rings. The Labute approximate surface area is 129 Å². The second-order valence-corrected chi connectivity index (χ2v) is 6.43. The number of piperidine rings is 1. The SMILES string of the molecule is Fc1ccccc1-n1cc(CN2C[C@@H]3CC[C@H]2CNC3)cn1. The molecule has 3 aliphatic heterocycles. The van der Waals surface area contributed by atoms with Gasteiger partial charge in [-0.1, -0.05) is 12.1 Å². The first-order chi connectivity index (χ1) is 10.8. The summed E-state index contributed by atoms with van der Waals surface area (Å²) in [5, 5.41) is 7.88. The summed E-state index contributed by atoms with van der Waals surface area (Å²) in [7, 11) is 0. The lowest BCUT2D eigenvalue weighted by Crippen LogP contribution is -2.42. The highest BCUT2D eigenvalue weighted by Gasteiger charge is 2.31. The van der Waals surface area contributed by atoms with Crippen molar-refractivity contribution in [3.63, 3.8) is 0 Å². The molecular formula is C17H21FN4. The van der Waals surface area contributed by atoms with Gasteiger partial charge in [-0.25, -0.2) is 9.07 Å². The lowest BCUT2D eigenvalue weighted by molar-refractivity contribution is 0.126. The Balaban J connectivity index is 1.52. The molecule has 0 radical (unpaired) electrons. The summed E-state index contributed by atoms with van der Waals surface area (Å²) in [6.45, 7) is 4.28. The summed E-state index contributed by atoms with van der Waals surface area (Å²) in [6.07, 6.45) is 6.42. The van der Waals surface area contributed by atoms with Crippen LogP contribution in [-0.2, 0) is 6.54 Å². The van der Waals surface area contributed by atoms with Gasteiger partial charge >= 0.3 is 0 Å². The summed E-state index contributed by atoms with van der Waals surface area (Å²) < 4.78 is 15.5. The molecule has 1 aromatic carbocycles. The van der Waals surface area contributed by atoms with E-state index in [1.54, 1.807) is 16.8 Å². The van der Waals surface area contributed by atoms with Crippen LogP contribution in [0.5, 0.6) is 0 Å². The van der Waals surface area contributed by atoms with Crippen molar-refractivity contribution in [2.24, 2.45) is 5.92 Å². The molecular weight excluding hydrogens is 279 g/mol. The molecule has 0 aliphatic carbocycles. The summed E-state index contributed by atoms with van der Waals surface area (Å²) in [5.74, 6) is 0.524. The maximum absolute atomic E-state index is 13.8. The Kier molecular flexibility index (Phi) is 3.68. The highest BCUT2D eigenvalue weighted by molar-refractivity contribution is 5.32. The van der Waals surface area contributed by atoms with E-state index >= 15 is 0 Å². The predicted molar refractivity (Wildman–Crippen MR) is 83.3 cm³/mol. The number of benzene rings is 1. The number of nitrogens with one attached hydrogen (secondary N) is 1. The van der Waals surface area contributed by atoms with Gasteiger partial charge in [-0.05, 0) is 37.4 Å². The van der Waals surface area contributed by atoms with E-state index in [1.807, 2.05) is 18.5 Å². The smallest absolute Gasteiger partial charge is 0.148 e. The number of hydrogen-bond acceptors (Lipinski definition) is 3. The average molecular weight is 300 g/mol. The molecule has 2 atom stereocenters. The summed E-state index contributed by atoms with van der Waals surface area (Å²) >= 11 is 0. The molecule has 3 fully saturated rings. The molecule has 0 saturated carbocycles. The second-order valence-electron chi connectivity index (χ2n) is 6.43. The van der Waals surface area contributed by atoms with Crippen LogP contribution < -0.4 is 5.32 Å². The molecule has 3 saturated heterocycles. The minimum atomic E-state index is -0.241. The maximum atomic E-state index is 13.8. The third-order valence-electron chi connectivity index (χ3n) is 4.85. The van der Waals surface area contributed by atoms with E-state index in [1.165, 1.54) is 18.9 Å². The minimum absolute atomic E-state index is 0.241. The lowest BCUT2D eigenvalue weighted by Gasteiger charge is -2.35. The van der Waals surface area contributed by atoms with Gasteiger partial charge in [0.1, 0.15) is 11.5 Å². The van der Waals surface area contributed by atoms with Crippen LogP contribution in [0.1, 0.15) is 18.4 Å². The quantitative estimate of drug-likeness (QED) is 0.943. The Hall–Kier alpha value is -1.72. The van der Waals surface area contributed by atoms with Crippen LogP contribution in [0.4, 0.5) is 4.39 Å². The fraction of sp³-hybridized carbons (Fsp3) is 0.471. The predicted octanol–water partition coefficient (Wildman–Crippen LogP) is 2.20. The van der Waals surface area contributed by atoms with Crippen molar-refractivity contribution in [3.8, 4) is 5.69 Å². The molecule has 2 aromatic rings. The van der Waals surface area contributed by atoms with Crippen molar-refractivity contribution in [1.82, 2.24) is 20.0 Å². The van der Waals surface area contributed by atoms with E-state index in [0.717, 1.165) is 37.7 Å². The number of aromatic nitrogens is 2.